The minimum atomic E-state index is -3.66. The fraction of sp³-hybridized carbons (Fsp3) is 0.900. The van der Waals surface area contributed by atoms with Gasteiger partial charge in [-0.25, -0.2) is 21.6 Å². The number of carboxylic acid groups (broad SMARTS) is 1. The Hall–Kier alpha value is -0.710. The van der Waals surface area contributed by atoms with Gasteiger partial charge < -0.3 is 9.84 Å². The first-order valence-corrected chi connectivity index (χ1v) is 9.42. The molecule has 116 valence electrons. The van der Waals surface area contributed by atoms with Crippen LogP contribution in [0.1, 0.15) is 13.3 Å². The van der Waals surface area contributed by atoms with Gasteiger partial charge in [0.2, 0.25) is 10.0 Å². The predicted molar refractivity (Wildman–Crippen MR) is 69.5 cm³/mol. The maximum Gasteiger partial charge on any atom is 0.329 e. The summed E-state index contributed by atoms with van der Waals surface area (Å²) in [7, 11) is -6.92. The van der Waals surface area contributed by atoms with Crippen LogP contribution in [0.5, 0.6) is 0 Å². The summed E-state index contributed by atoms with van der Waals surface area (Å²) < 4.78 is 53.4. The molecule has 2 rings (SSSR count). The second kappa shape index (κ2) is 4.93. The lowest BCUT2D eigenvalue weighted by Crippen LogP contribution is -2.64. The average Bonchev–Trinajstić information content (AvgIpc) is 2.64. The van der Waals surface area contributed by atoms with Gasteiger partial charge in [0, 0.05) is 13.1 Å². The van der Waals surface area contributed by atoms with Gasteiger partial charge in [0.15, 0.2) is 9.84 Å². The van der Waals surface area contributed by atoms with Crippen LogP contribution in [0.3, 0.4) is 0 Å². The quantitative estimate of drug-likeness (QED) is 0.665. The minimum absolute atomic E-state index is 0.0547. The lowest BCUT2D eigenvalue weighted by molar-refractivity contribution is -0.157. The van der Waals surface area contributed by atoms with Crippen LogP contribution >= 0.6 is 0 Å². The molecule has 0 spiro atoms. The number of ether oxygens (including phenoxy) is 1. The smallest absolute Gasteiger partial charge is 0.329 e. The van der Waals surface area contributed by atoms with Crippen molar-refractivity contribution in [3.05, 3.63) is 0 Å². The highest BCUT2D eigenvalue weighted by Crippen LogP contribution is 2.31. The summed E-state index contributed by atoms with van der Waals surface area (Å²) in [4.78, 5) is 10.4. The van der Waals surface area contributed by atoms with E-state index in [0.29, 0.717) is 0 Å². The zero-order chi connectivity index (χ0) is 15.2. The van der Waals surface area contributed by atoms with Gasteiger partial charge in [-0.2, -0.15) is 4.31 Å². The number of carboxylic acids is 1. The normalized spacial score (nSPS) is 28.9. The van der Waals surface area contributed by atoms with Gasteiger partial charge in [0.1, 0.15) is 6.61 Å². The average molecular weight is 327 g/mol. The third-order valence-electron chi connectivity index (χ3n) is 3.54. The van der Waals surface area contributed by atoms with Gasteiger partial charge in [-0.05, 0) is 13.3 Å². The summed E-state index contributed by atoms with van der Waals surface area (Å²) in [6.45, 7) is 1.26. The Morgan fingerprint density at radius 2 is 2.05 bits per heavy atom. The molecule has 0 amide bonds. The highest BCUT2D eigenvalue weighted by Gasteiger charge is 2.50. The largest absolute Gasteiger partial charge is 0.480 e. The Morgan fingerprint density at radius 3 is 2.50 bits per heavy atom. The molecule has 2 saturated heterocycles. The molecular weight excluding hydrogens is 310 g/mol. The number of aliphatic carboxylic acids is 1. The standard InChI is InChI=1S/C10H17NO7S2/c1-10(18-4-9(12)13)6-11(7-10)20(16,17)8-2-3-19(14,15)5-8/h8H,2-7H2,1H3,(H,12,13). The van der Waals surface area contributed by atoms with Crippen molar-refractivity contribution in [3.8, 4) is 0 Å². The third-order valence-corrected chi connectivity index (χ3v) is 7.74. The number of hydrogen-bond acceptors (Lipinski definition) is 6. The van der Waals surface area contributed by atoms with Crippen LogP contribution in [-0.2, 0) is 29.4 Å². The van der Waals surface area contributed by atoms with E-state index in [-0.39, 0.29) is 31.0 Å². The molecule has 2 fully saturated rings. The monoisotopic (exact) mass is 327 g/mol. The molecule has 8 nitrogen and oxygen atoms in total. The maximum absolute atomic E-state index is 12.2. The molecule has 0 aromatic rings. The summed E-state index contributed by atoms with van der Waals surface area (Å²) in [5.41, 5.74) is -0.817. The zero-order valence-corrected chi connectivity index (χ0v) is 12.6. The van der Waals surface area contributed by atoms with Gasteiger partial charge >= 0.3 is 5.97 Å². The predicted octanol–water partition coefficient (Wildman–Crippen LogP) is -1.32. The molecule has 2 aliphatic heterocycles. The van der Waals surface area contributed by atoms with Crippen molar-refractivity contribution in [2.24, 2.45) is 0 Å². The van der Waals surface area contributed by atoms with E-state index in [1.807, 2.05) is 0 Å². The number of nitrogens with zero attached hydrogens (tertiary/aromatic N) is 1. The molecule has 1 unspecified atom stereocenters. The molecule has 2 heterocycles. The number of rotatable bonds is 5. The number of hydrogen-bond donors (Lipinski definition) is 1. The van der Waals surface area contributed by atoms with Crippen molar-refractivity contribution in [2.45, 2.75) is 24.2 Å². The van der Waals surface area contributed by atoms with Crippen molar-refractivity contribution in [3.63, 3.8) is 0 Å². The Morgan fingerprint density at radius 1 is 1.45 bits per heavy atom. The van der Waals surface area contributed by atoms with Crippen molar-refractivity contribution in [1.29, 1.82) is 0 Å². The topological polar surface area (TPSA) is 118 Å². The summed E-state index contributed by atoms with van der Waals surface area (Å²) in [6.07, 6.45) is 0.119. The summed E-state index contributed by atoms with van der Waals surface area (Å²) in [6, 6.07) is 0. The molecule has 2 aliphatic rings. The SMILES string of the molecule is CC1(OCC(=O)O)CN(S(=O)(=O)C2CCS(=O)(=O)C2)C1. The van der Waals surface area contributed by atoms with Gasteiger partial charge in [-0.1, -0.05) is 0 Å². The maximum atomic E-state index is 12.2. The summed E-state index contributed by atoms with van der Waals surface area (Å²) in [5.74, 6) is -1.55. The van der Waals surface area contributed by atoms with Crippen molar-refractivity contribution in [1.82, 2.24) is 4.31 Å². The van der Waals surface area contributed by atoms with E-state index in [1.165, 1.54) is 4.31 Å². The zero-order valence-electron chi connectivity index (χ0n) is 11.0. The van der Waals surface area contributed by atoms with Crippen LogP contribution < -0.4 is 0 Å². The number of sulfone groups is 1. The molecule has 0 radical (unpaired) electrons. The van der Waals surface area contributed by atoms with E-state index in [4.69, 9.17) is 9.84 Å². The molecular formula is C10H17NO7S2. The first-order valence-electron chi connectivity index (χ1n) is 6.09. The lowest BCUT2D eigenvalue weighted by atomic mass is 10.0. The number of carbonyl (C=O) groups is 1. The lowest BCUT2D eigenvalue weighted by Gasteiger charge is -2.46. The van der Waals surface area contributed by atoms with Crippen molar-refractivity contribution >= 4 is 25.8 Å². The van der Waals surface area contributed by atoms with Crippen LogP contribution in [0.15, 0.2) is 0 Å². The van der Waals surface area contributed by atoms with Crippen LogP contribution in [-0.4, -0.2) is 74.3 Å². The fourth-order valence-electron chi connectivity index (χ4n) is 2.41. The van der Waals surface area contributed by atoms with Crippen LogP contribution in [0.25, 0.3) is 0 Å². The van der Waals surface area contributed by atoms with Crippen LogP contribution in [0.2, 0.25) is 0 Å². The molecule has 0 bridgehead atoms. The van der Waals surface area contributed by atoms with Crippen molar-refractivity contribution in [2.75, 3.05) is 31.2 Å². The third kappa shape index (κ3) is 3.13. The highest BCUT2D eigenvalue weighted by molar-refractivity contribution is 7.95. The van der Waals surface area contributed by atoms with E-state index in [9.17, 15) is 21.6 Å². The minimum Gasteiger partial charge on any atom is -0.480 e. The molecule has 0 aliphatic carbocycles. The molecule has 1 N–H and O–H groups in total. The molecule has 0 aromatic carbocycles. The van der Waals surface area contributed by atoms with Gasteiger partial charge in [0.05, 0.1) is 22.4 Å². The van der Waals surface area contributed by atoms with Crippen LogP contribution in [0.4, 0.5) is 0 Å². The Labute approximate surface area is 117 Å². The van der Waals surface area contributed by atoms with Gasteiger partial charge in [-0.3, -0.25) is 0 Å². The number of sulfonamides is 1. The Kier molecular flexibility index (Phi) is 3.87. The summed E-state index contributed by atoms with van der Waals surface area (Å²) >= 11 is 0. The van der Waals surface area contributed by atoms with E-state index >= 15 is 0 Å². The highest BCUT2D eigenvalue weighted by atomic mass is 32.2. The first kappa shape index (κ1) is 15.7. The second-order valence-corrected chi connectivity index (χ2v) is 9.91. The molecule has 1 atom stereocenters. The molecule has 0 saturated carbocycles. The summed E-state index contributed by atoms with van der Waals surface area (Å²) in [5, 5.41) is 7.64. The molecule has 0 aromatic heterocycles. The van der Waals surface area contributed by atoms with E-state index in [1.54, 1.807) is 6.92 Å². The molecule has 20 heavy (non-hydrogen) atoms. The van der Waals surface area contributed by atoms with Gasteiger partial charge in [-0.15, -0.1) is 0 Å². The Balaban J connectivity index is 1.96. The van der Waals surface area contributed by atoms with Crippen molar-refractivity contribution < 1.29 is 31.5 Å². The van der Waals surface area contributed by atoms with E-state index < -0.39 is 43.3 Å². The second-order valence-electron chi connectivity index (χ2n) is 5.47. The molecule has 10 heteroatoms. The van der Waals surface area contributed by atoms with E-state index in [0.717, 1.165) is 0 Å². The van der Waals surface area contributed by atoms with Gasteiger partial charge in [0.25, 0.3) is 0 Å². The van der Waals surface area contributed by atoms with Crippen LogP contribution in [0, 0.1) is 0 Å². The Bertz CT molecular complexity index is 604. The van der Waals surface area contributed by atoms with E-state index in [2.05, 4.69) is 0 Å². The fourth-order valence-corrected chi connectivity index (χ4v) is 7.16. The first-order chi connectivity index (χ1) is 9.04.